The Morgan fingerprint density at radius 2 is 1.50 bits per heavy atom. The zero-order valence-electron chi connectivity index (χ0n) is 23.7. The zero-order chi connectivity index (χ0) is 29.2. The average molecular weight is 584 g/mol. The van der Waals surface area contributed by atoms with Crippen LogP contribution in [0.25, 0.3) is 17.2 Å². The quantitative estimate of drug-likeness (QED) is 0.186. The summed E-state index contributed by atoms with van der Waals surface area (Å²) < 4.78 is 24.3. The molecule has 2 aromatic heterocycles. The molecule has 1 unspecified atom stereocenters. The van der Waals surface area contributed by atoms with Crippen molar-refractivity contribution in [3.8, 4) is 23.0 Å². The van der Waals surface area contributed by atoms with Gasteiger partial charge in [0, 0.05) is 6.20 Å². The van der Waals surface area contributed by atoms with E-state index in [1.165, 1.54) is 0 Å². The number of ether oxygens (including phenoxy) is 4. The van der Waals surface area contributed by atoms with Gasteiger partial charge in [0.25, 0.3) is 0 Å². The normalized spacial score (nSPS) is 14.1. The lowest BCUT2D eigenvalue weighted by molar-refractivity contribution is 0.353. The molecule has 3 aromatic carbocycles. The van der Waals surface area contributed by atoms with Crippen LogP contribution in [0.3, 0.4) is 0 Å². The van der Waals surface area contributed by atoms with Gasteiger partial charge >= 0.3 is 0 Å². The Balaban J connectivity index is 1.48. The molecule has 0 bridgehead atoms. The lowest BCUT2D eigenvalue weighted by Crippen LogP contribution is -2.29. The number of hydrogen-bond donors (Lipinski definition) is 0. The van der Waals surface area contributed by atoms with Crippen molar-refractivity contribution in [1.29, 1.82) is 0 Å². The molecule has 1 atom stereocenters. The topological polar surface area (TPSA) is 83.8 Å². The van der Waals surface area contributed by atoms with Crippen molar-refractivity contribution in [3.05, 3.63) is 101 Å². The highest BCUT2D eigenvalue weighted by atomic mass is 35.5. The molecule has 10 heteroatoms. The van der Waals surface area contributed by atoms with E-state index in [-0.39, 0.29) is 11.3 Å². The number of imidazole rings is 1. The number of nitrogens with zero attached hydrogens (tertiary/aromatic N) is 5. The molecule has 0 aliphatic carbocycles. The Bertz CT molecular complexity index is 1770. The Labute approximate surface area is 248 Å². The molecular weight excluding hydrogens is 554 g/mol. The van der Waals surface area contributed by atoms with Crippen LogP contribution in [0, 0.1) is 0 Å². The van der Waals surface area contributed by atoms with Crippen LogP contribution < -0.4 is 23.8 Å². The average Bonchev–Trinajstić information content (AvgIpc) is 3.42. The lowest BCUT2D eigenvalue weighted by Gasteiger charge is -2.35. The van der Waals surface area contributed by atoms with Gasteiger partial charge in [-0.3, -0.25) is 0 Å². The molecule has 5 aromatic rings. The molecule has 9 nitrogen and oxygen atoms in total. The Kier molecular flexibility index (Phi) is 7.58. The van der Waals surface area contributed by atoms with E-state index < -0.39 is 0 Å². The van der Waals surface area contributed by atoms with Gasteiger partial charge in [-0.2, -0.15) is 9.97 Å². The van der Waals surface area contributed by atoms with E-state index in [1.807, 2.05) is 65.4 Å². The molecule has 0 N–H and O–H groups in total. The smallest absolute Gasteiger partial charge is 0.226 e. The number of methoxy groups -OCH3 is 4. The van der Waals surface area contributed by atoms with Crippen LogP contribution >= 0.6 is 11.6 Å². The van der Waals surface area contributed by atoms with Gasteiger partial charge in [-0.25, -0.2) is 4.98 Å². The summed E-state index contributed by atoms with van der Waals surface area (Å²) in [4.78, 5) is 16.1. The second kappa shape index (κ2) is 11.6. The summed E-state index contributed by atoms with van der Waals surface area (Å²) >= 11 is 6.56. The fourth-order valence-corrected chi connectivity index (χ4v) is 5.55. The number of rotatable bonds is 9. The molecule has 1 aliphatic rings. The molecule has 214 valence electrons. The SMILES string of the molecule is COc1ccc(CC2c3cc(OC)c(OC)cc3C=CN2c2nc(Cl)nc3c2ncn3Cc2ccccc2)cc1OC. The first-order valence-electron chi connectivity index (χ1n) is 13.4. The summed E-state index contributed by atoms with van der Waals surface area (Å²) in [6.07, 6.45) is 6.44. The van der Waals surface area contributed by atoms with Crippen LogP contribution in [0.15, 0.2) is 73.2 Å². The van der Waals surface area contributed by atoms with E-state index >= 15 is 0 Å². The van der Waals surface area contributed by atoms with Crippen LogP contribution in [-0.2, 0) is 13.0 Å². The first-order valence-corrected chi connectivity index (χ1v) is 13.8. The van der Waals surface area contributed by atoms with Crippen molar-refractivity contribution >= 4 is 34.7 Å². The third kappa shape index (κ3) is 5.07. The van der Waals surface area contributed by atoms with Crippen molar-refractivity contribution in [1.82, 2.24) is 19.5 Å². The Morgan fingerprint density at radius 1 is 0.786 bits per heavy atom. The number of benzene rings is 3. The van der Waals surface area contributed by atoms with E-state index in [4.69, 9.17) is 40.5 Å². The van der Waals surface area contributed by atoms with Gasteiger partial charge in [0.2, 0.25) is 5.28 Å². The van der Waals surface area contributed by atoms with Crippen LogP contribution in [-0.4, -0.2) is 48.0 Å². The third-order valence-corrected chi connectivity index (χ3v) is 7.60. The summed E-state index contributed by atoms with van der Waals surface area (Å²) in [6, 6.07) is 19.9. The molecule has 0 amide bonds. The monoisotopic (exact) mass is 583 g/mol. The van der Waals surface area contributed by atoms with Crippen molar-refractivity contribution in [2.75, 3.05) is 33.3 Å². The maximum absolute atomic E-state index is 6.56. The number of aromatic nitrogens is 4. The second-order valence-corrected chi connectivity index (χ2v) is 10.2. The lowest BCUT2D eigenvalue weighted by atomic mass is 9.90. The molecule has 0 fully saturated rings. The first-order chi connectivity index (χ1) is 20.5. The molecule has 3 heterocycles. The van der Waals surface area contributed by atoms with Gasteiger partial charge in [-0.15, -0.1) is 0 Å². The van der Waals surface area contributed by atoms with Gasteiger partial charge in [-0.05, 0) is 70.6 Å². The van der Waals surface area contributed by atoms with Crippen LogP contribution in [0.5, 0.6) is 23.0 Å². The Morgan fingerprint density at radius 3 is 2.24 bits per heavy atom. The van der Waals surface area contributed by atoms with E-state index in [1.54, 1.807) is 34.8 Å². The fourth-order valence-electron chi connectivity index (χ4n) is 5.39. The predicted octanol–water partition coefficient (Wildman–Crippen LogP) is 6.34. The van der Waals surface area contributed by atoms with Crippen molar-refractivity contribution in [3.63, 3.8) is 0 Å². The second-order valence-electron chi connectivity index (χ2n) is 9.81. The minimum Gasteiger partial charge on any atom is -0.493 e. The first kappa shape index (κ1) is 27.4. The van der Waals surface area contributed by atoms with E-state index in [9.17, 15) is 0 Å². The van der Waals surface area contributed by atoms with Crippen LogP contribution in [0.4, 0.5) is 5.82 Å². The third-order valence-electron chi connectivity index (χ3n) is 7.43. The Hall–Kier alpha value is -4.76. The van der Waals surface area contributed by atoms with Gasteiger partial charge < -0.3 is 28.4 Å². The predicted molar refractivity (Wildman–Crippen MR) is 163 cm³/mol. The summed E-state index contributed by atoms with van der Waals surface area (Å²) in [7, 11) is 6.53. The summed E-state index contributed by atoms with van der Waals surface area (Å²) in [6.45, 7) is 0.606. The highest BCUT2D eigenvalue weighted by Gasteiger charge is 2.30. The highest BCUT2D eigenvalue weighted by Crippen LogP contribution is 2.43. The van der Waals surface area contributed by atoms with Gasteiger partial charge in [0.15, 0.2) is 40.0 Å². The molecule has 0 saturated heterocycles. The van der Waals surface area contributed by atoms with E-state index in [0.717, 1.165) is 22.3 Å². The molecule has 0 radical (unpaired) electrons. The minimum absolute atomic E-state index is 0.142. The molecule has 0 saturated carbocycles. The largest absolute Gasteiger partial charge is 0.493 e. The van der Waals surface area contributed by atoms with Crippen molar-refractivity contribution < 1.29 is 18.9 Å². The van der Waals surface area contributed by atoms with Crippen molar-refractivity contribution in [2.24, 2.45) is 0 Å². The molecule has 42 heavy (non-hydrogen) atoms. The van der Waals surface area contributed by atoms with Crippen LogP contribution in [0.1, 0.15) is 28.3 Å². The van der Waals surface area contributed by atoms with Crippen LogP contribution in [0.2, 0.25) is 5.28 Å². The standard InChI is InChI=1S/C32H30ClN5O4/c1-39-25-11-10-21(15-26(25)40-2)14-24-23-17-28(42-4)27(41-3)16-22(23)12-13-38(24)31-29-30(35-32(33)36-31)37(19-34-29)18-20-8-6-5-7-9-20/h5-13,15-17,19,24H,14,18H2,1-4H3. The summed E-state index contributed by atoms with van der Waals surface area (Å²) in [5.74, 6) is 3.24. The number of hydrogen-bond acceptors (Lipinski definition) is 8. The zero-order valence-corrected chi connectivity index (χ0v) is 24.5. The molecule has 6 rings (SSSR count). The molecule has 0 spiro atoms. The van der Waals surface area contributed by atoms with Gasteiger partial charge in [0.05, 0.1) is 47.4 Å². The van der Waals surface area contributed by atoms with Gasteiger partial charge in [0.1, 0.15) is 0 Å². The van der Waals surface area contributed by atoms with E-state index in [0.29, 0.717) is 52.9 Å². The number of fused-ring (bicyclic) bond motifs is 2. The van der Waals surface area contributed by atoms with E-state index in [2.05, 4.69) is 22.0 Å². The molecule has 1 aliphatic heterocycles. The minimum atomic E-state index is -0.198. The number of halogens is 1. The highest BCUT2D eigenvalue weighted by molar-refractivity contribution is 6.28. The fraction of sp³-hybridized carbons (Fsp3) is 0.219. The number of anilines is 1. The summed E-state index contributed by atoms with van der Waals surface area (Å²) in [5.41, 5.74) is 5.54. The summed E-state index contributed by atoms with van der Waals surface area (Å²) in [5, 5.41) is 0.142. The van der Waals surface area contributed by atoms with Crippen molar-refractivity contribution in [2.45, 2.75) is 19.0 Å². The maximum atomic E-state index is 6.56. The maximum Gasteiger partial charge on any atom is 0.226 e. The molecular formula is C32H30ClN5O4. The van der Waals surface area contributed by atoms with Gasteiger partial charge in [-0.1, -0.05) is 36.4 Å².